The van der Waals surface area contributed by atoms with Crippen molar-refractivity contribution in [3.63, 3.8) is 0 Å². The fourth-order valence-electron chi connectivity index (χ4n) is 2.87. The minimum Gasteiger partial charge on any atom is -0.508 e. The summed E-state index contributed by atoms with van der Waals surface area (Å²) in [6.07, 6.45) is 2.85. The summed E-state index contributed by atoms with van der Waals surface area (Å²) in [7, 11) is 0. The number of aromatic hydroxyl groups is 1. The fraction of sp³-hybridized carbons (Fsp3) is 0.550. The zero-order valence-electron chi connectivity index (χ0n) is 16.4. The number of phenolic OH excluding ortho intramolecular Hbond substituents is 1. The molecule has 1 amide bonds. The van der Waals surface area contributed by atoms with Crippen LogP contribution in [0.3, 0.4) is 0 Å². The molecule has 0 spiro atoms. The van der Waals surface area contributed by atoms with Gasteiger partial charge in [-0.1, -0.05) is 32.0 Å². The van der Waals surface area contributed by atoms with E-state index in [2.05, 4.69) is 24.1 Å². The fourth-order valence-corrected chi connectivity index (χ4v) is 2.87. The zero-order chi connectivity index (χ0) is 21.1. The topological polar surface area (TPSA) is 127 Å². The van der Waals surface area contributed by atoms with Crippen molar-refractivity contribution in [2.24, 2.45) is 11.8 Å². The van der Waals surface area contributed by atoms with E-state index in [4.69, 9.17) is 19.8 Å². The molecule has 0 bridgehead atoms. The molecule has 8 heteroatoms. The van der Waals surface area contributed by atoms with Crippen LogP contribution in [-0.4, -0.2) is 57.7 Å². The van der Waals surface area contributed by atoms with Gasteiger partial charge < -0.3 is 20.6 Å². The summed E-state index contributed by atoms with van der Waals surface area (Å²) in [4.78, 5) is 32.6. The molecular weight excluding hydrogens is 364 g/mol. The van der Waals surface area contributed by atoms with Gasteiger partial charge in [0.05, 0.1) is 0 Å². The summed E-state index contributed by atoms with van der Waals surface area (Å²) in [5.74, 6) is -2.31. The molecule has 0 atom stereocenters. The van der Waals surface area contributed by atoms with Gasteiger partial charge in [-0.3, -0.25) is 9.69 Å². The molecule has 1 heterocycles. The normalized spacial score (nSPS) is 14.8. The van der Waals surface area contributed by atoms with Gasteiger partial charge in [-0.15, -0.1) is 0 Å². The van der Waals surface area contributed by atoms with Gasteiger partial charge in [-0.2, -0.15) is 0 Å². The number of amides is 1. The molecule has 1 fully saturated rings. The predicted octanol–water partition coefficient (Wildman–Crippen LogP) is 1.92. The number of phenols is 1. The molecule has 156 valence electrons. The number of hydrogen-bond donors (Lipinski definition) is 4. The third-order valence-electron chi connectivity index (χ3n) is 4.55. The van der Waals surface area contributed by atoms with Crippen molar-refractivity contribution in [1.82, 2.24) is 10.2 Å². The van der Waals surface area contributed by atoms with Crippen molar-refractivity contribution >= 4 is 17.8 Å². The molecule has 2 rings (SSSR count). The van der Waals surface area contributed by atoms with Crippen LogP contribution in [0.4, 0.5) is 0 Å². The highest BCUT2D eigenvalue weighted by molar-refractivity contribution is 6.27. The Morgan fingerprint density at radius 3 is 2.18 bits per heavy atom. The van der Waals surface area contributed by atoms with E-state index in [1.807, 2.05) is 18.2 Å². The van der Waals surface area contributed by atoms with Gasteiger partial charge in [-0.05, 0) is 44.3 Å². The number of nitrogens with zero attached hydrogens (tertiary/aromatic N) is 1. The Balaban J connectivity index is 0.000000568. The van der Waals surface area contributed by atoms with Crippen LogP contribution in [0, 0.1) is 11.8 Å². The Kier molecular flexibility index (Phi) is 10.0. The van der Waals surface area contributed by atoms with Crippen LogP contribution >= 0.6 is 0 Å². The number of aliphatic carboxylic acids is 2. The molecule has 1 aromatic carbocycles. The van der Waals surface area contributed by atoms with Crippen molar-refractivity contribution < 1.29 is 29.7 Å². The minimum absolute atomic E-state index is 0.146. The first-order chi connectivity index (χ1) is 13.2. The number of rotatable bonds is 6. The first-order valence-corrected chi connectivity index (χ1v) is 9.43. The van der Waals surface area contributed by atoms with E-state index in [9.17, 15) is 9.90 Å². The predicted molar refractivity (Wildman–Crippen MR) is 104 cm³/mol. The van der Waals surface area contributed by atoms with Gasteiger partial charge in [0, 0.05) is 24.6 Å². The number of carbonyl (C=O) groups excluding carboxylic acids is 1. The number of likely N-dealkylation sites (tertiary alicyclic amines) is 1. The molecule has 0 saturated carbocycles. The summed E-state index contributed by atoms with van der Waals surface area (Å²) in [5.41, 5.74) is 0.960. The zero-order valence-corrected chi connectivity index (χ0v) is 16.4. The number of piperidine rings is 1. The summed E-state index contributed by atoms with van der Waals surface area (Å²) in [6, 6.07) is 7.47. The molecule has 1 aliphatic rings. The Bertz CT molecular complexity index is 642. The summed E-state index contributed by atoms with van der Waals surface area (Å²) in [6.45, 7) is 7.71. The van der Waals surface area contributed by atoms with E-state index in [-0.39, 0.29) is 11.8 Å². The minimum atomic E-state index is -1.82. The lowest BCUT2D eigenvalue weighted by molar-refractivity contribution is -0.159. The second-order valence-corrected chi connectivity index (χ2v) is 7.26. The summed E-state index contributed by atoms with van der Waals surface area (Å²) in [5, 5.41) is 27.7. The molecule has 0 aliphatic carbocycles. The molecule has 28 heavy (non-hydrogen) atoms. The van der Waals surface area contributed by atoms with Crippen molar-refractivity contribution in [2.75, 3.05) is 19.6 Å². The van der Waals surface area contributed by atoms with Gasteiger partial charge in [0.1, 0.15) is 5.75 Å². The Morgan fingerprint density at radius 1 is 1.11 bits per heavy atom. The van der Waals surface area contributed by atoms with Crippen molar-refractivity contribution in [1.29, 1.82) is 0 Å². The smallest absolute Gasteiger partial charge is 0.414 e. The SMILES string of the molecule is CC(C)CCNC(=O)C1CCN(Cc2ccccc2O)CC1.O=C(O)C(=O)O. The van der Waals surface area contributed by atoms with E-state index < -0.39 is 11.9 Å². The largest absolute Gasteiger partial charge is 0.508 e. The molecule has 0 aromatic heterocycles. The Morgan fingerprint density at radius 2 is 1.68 bits per heavy atom. The maximum Gasteiger partial charge on any atom is 0.414 e. The van der Waals surface area contributed by atoms with Crippen molar-refractivity contribution in [3.8, 4) is 5.75 Å². The Hall–Kier alpha value is -2.61. The van der Waals surface area contributed by atoms with E-state index in [0.29, 0.717) is 11.7 Å². The molecule has 0 unspecified atom stereocenters. The van der Waals surface area contributed by atoms with Gasteiger partial charge in [-0.25, -0.2) is 9.59 Å². The van der Waals surface area contributed by atoms with Gasteiger partial charge in [0.15, 0.2) is 0 Å². The third-order valence-corrected chi connectivity index (χ3v) is 4.55. The third kappa shape index (κ3) is 8.85. The molecule has 1 aliphatic heterocycles. The van der Waals surface area contributed by atoms with Crippen LogP contribution in [0.5, 0.6) is 5.75 Å². The maximum atomic E-state index is 12.1. The highest BCUT2D eigenvalue weighted by Gasteiger charge is 2.25. The molecule has 0 radical (unpaired) electrons. The van der Waals surface area contributed by atoms with E-state index >= 15 is 0 Å². The number of carboxylic acids is 2. The maximum absolute atomic E-state index is 12.1. The molecule has 4 N–H and O–H groups in total. The summed E-state index contributed by atoms with van der Waals surface area (Å²) < 4.78 is 0. The van der Waals surface area contributed by atoms with Crippen LogP contribution in [-0.2, 0) is 20.9 Å². The first kappa shape index (κ1) is 23.4. The number of carboxylic acid groups (broad SMARTS) is 2. The van der Waals surface area contributed by atoms with E-state index in [1.54, 1.807) is 6.07 Å². The highest BCUT2D eigenvalue weighted by atomic mass is 16.4. The second-order valence-electron chi connectivity index (χ2n) is 7.26. The number of para-hydroxylation sites is 1. The molecule has 1 aromatic rings. The highest BCUT2D eigenvalue weighted by Crippen LogP contribution is 2.22. The number of nitrogens with one attached hydrogen (secondary N) is 1. The van der Waals surface area contributed by atoms with Crippen LogP contribution in [0.1, 0.15) is 38.7 Å². The molecule has 1 saturated heterocycles. The lowest BCUT2D eigenvalue weighted by Gasteiger charge is -2.31. The quantitative estimate of drug-likeness (QED) is 0.543. The average Bonchev–Trinajstić information content (AvgIpc) is 2.64. The van der Waals surface area contributed by atoms with Gasteiger partial charge in [0.25, 0.3) is 0 Å². The Labute approximate surface area is 165 Å². The summed E-state index contributed by atoms with van der Waals surface area (Å²) >= 11 is 0. The van der Waals surface area contributed by atoms with E-state index in [1.165, 1.54) is 0 Å². The number of hydrogen-bond acceptors (Lipinski definition) is 5. The molecular formula is C20H30N2O6. The van der Waals surface area contributed by atoms with E-state index in [0.717, 1.165) is 51.0 Å². The first-order valence-electron chi connectivity index (χ1n) is 9.43. The van der Waals surface area contributed by atoms with Crippen LogP contribution in [0.2, 0.25) is 0 Å². The van der Waals surface area contributed by atoms with Gasteiger partial charge >= 0.3 is 11.9 Å². The average molecular weight is 394 g/mol. The monoisotopic (exact) mass is 394 g/mol. The van der Waals surface area contributed by atoms with Crippen LogP contribution < -0.4 is 5.32 Å². The molecule has 8 nitrogen and oxygen atoms in total. The van der Waals surface area contributed by atoms with Crippen molar-refractivity contribution in [2.45, 2.75) is 39.7 Å². The van der Waals surface area contributed by atoms with Gasteiger partial charge in [0.2, 0.25) is 5.91 Å². The number of benzene rings is 1. The van der Waals surface area contributed by atoms with Crippen LogP contribution in [0.25, 0.3) is 0 Å². The number of carbonyl (C=O) groups is 3. The van der Waals surface area contributed by atoms with Crippen LogP contribution in [0.15, 0.2) is 24.3 Å². The lowest BCUT2D eigenvalue weighted by Crippen LogP contribution is -2.40. The standard InChI is InChI=1S/C18H28N2O2.C2H2O4/c1-14(2)7-10-19-18(22)15-8-11-20(12-9-15)13-16-5-3-4-6-17(16)21;3-1(4)2(5)6/h3-6,14-15,21H,7-13H2,1-2H3,(H,19,22);(H,3,4)(H,5,6). The van der Waals surface area contributed by atoms with Crippen molar-refractivity contribution in [3.05, 3.63) is 29.8 Å². The second kappa shape index (κ2) is 12.0. The lowest BCUT2D eigenvalue weighted by atomic mass is 9.95.